The van der Waals surface area contributed by atoms with Crippen molar-refractivity contribution >= 4 is 0 Å². The number of aliphatic hydroxyl groups is 2. The van der Waals surface area contributed by atoms with Crippen LogP contribution in [0.5, 0.6) is 0 Å². The highest BCUT2D eigenvalue weighted by Crippen LogP contribution is 2.49. The molecule has 2 heterocycles. The first-order chi connectivity index (χ1) is 17.6. The number of aliphatic hydroxyl groups excluding tert-OH is 2. The Morgan fingerprint density at radius 2 is 0.528 bits per heavy atom. The van der Waals surface area contributed by atoms with Crippen molar-refractivity contribution in [3.8, 4) is 0 Å². The van der Waals surface area contributed by atoms with E-state index >= 15 is 0 Å². The molecule has 2 unspecified atom stereocenters. The summed E-state index contributed by atoms with van der Waals surface area (Å²) in [4.78, 5) is 0. The predicted octanol–water partition coefficient (Wildman–Crippen LogP) is 6.29. The molecular weight excluding hydrogens is 456 g/mol. The second-order valence-corrected chi connectivity index (χ2v) is 12.5. The van der Waals surface area contributed by atoms with Gasteiger partial charge in [0.05, 0.1) is 0 Å². The lowest BCUT2D eigenvalue weighted by Crippen LogP contribution is -2.61. The Hall–Kier alpha value is -0.240. The van der Waals surface area contributed by atoms with Gasteiger partial charge in [0.1, 0.15) is 36.6 Å². The van der Waals surface area contributed by atoms with Crippen molar-refractivity contribution in [3.05, 3.63) is 0 Å². The molecule has 208 valence electrons. The average Bonchev–Trinajstić information content (AvgIpc) is 3.43. The van der Waals surface area contributed by atoms with Crippen LogP contribution in [-0.2, 0) is 18.9 Å². The fraction of sp³-hybridized carbons (Fsp3) is 1.00. The van der Waals surface area contributed by atoms with E-state index in [0.717, 1.165) is 51.4 Å². The van der Waals surface area contributed by atoms with Crippen LogP contribution < -0.4 is 0 Å². The van der Waals surface area contributed by atoms with E-state index < -0.39 is 48.2 Å². The molecule has 0 radical (unpaired) electrons. The molecule has 6 nitrogen and oxygen atoms in total. The summed E-state index contributed by atoms with van der Waals surface area (Å²) in [5.41, 5.74) is 0. The predicted molar refractivity (Wildman–Crippen MR) is 139 cm³/mol. The minimum atomic E-state index is -0.843. The van der Waals surface area contributed by atoms with Crippen LogP contribution in [0.4, 0.5) is 0 Å². The molecular formula is C30H52O6. The molecule has 0 aromatic carbocycles. The van der Waals surface area contributed by atoms with Gasteiger partial charge in [-0.05, 0) is 25.7 Å². The van der Waals surface area contributed by atoms with Gasteiger partial charge in [-0.3, -0.25) is 0 Å². The molecule has 0 amide bonds. The van der Waals surface area contributed by atoms with Gasteiger partial charge < -0.3 is 29.2 Å². The zero-order valence-corrected chi connectivity index (χ0v) is 22.5. The lowest BCUT2D eigenvalue weighted by atomic mass is 9.85. The summed E-state index contributed by atoms with van der Waals surface area (Å²) in [6.45, 7) is 0. The molecule has 5 fully saturated rings. The minimum absolute atomic E-state index is 0.556. The second-order valence-electron chi connectivity index (χ2n) is 12.5. The fourth-order valence-corrected chi connectivity index (χ4v) is 7.52. The molecule has 3 aliphatic carbocycles. The number of ether oxygens (including phenoxy) is 4. The van der Waals surface area contributed by atoms with Crippen LogP contribution in [0, 0.1) is 0 Å². The Morgan fingerprint density at radius 3 is 0.750 bits per heavy atom. The minimum Gasteiger partial charge on any atom is -0.387 e. The van der Waals surface area contributed by atoms with Gasteiger partial charge in [0.25, 0.3) is 0 Å². The van der Waals surface area contributed by atoms with Crippen molar-refractivity contribution < 1.29 is 29.2 Å². The Morgan fingerprint density at radius 1 is 0.333 bits per heavy atom. The van der Waals surface area contributed by atoms with Gasteiger partial charge in [-0.25, -0.2) is 0 Å². The molecule has 6 atom stereocenters. The Labute approximate surface area is 218 Å². The highest BCUT2D eigenvalue weighted by atomic mass is 16.8. The number of hydrogen-bond acceptors (Lipinski definition) is 6. The third-order valence-electron chi connectivity index (χ3n) is 9.63. The van der Waals surface area contributed by atoms with Gasteiger partial charge in [0, 0.05) is 25.7 Å². The van der Waals surface area contributed by atoms with Crippen molar-refractivity contribution in [2.75, 3.05) is 0 Å². The van der Waals surface area contributed by atoms with E-state index in [9.17, 15) is 10.2 Å². The summed E-state index contributed by atoms with van der Waals surface area (Å²) in [7, 11) is 0. The highest BCUT2D eigenvalue weighted by Gasteiger charge is 2.65. The maximum Gasteiger partial charge on any atom is 0.169 e. The Bertz CT molecular complexity index is 562. The maximum absolute atomic E-state index is 11.5. The molecule has 3 saturated carbocycles. The Kier molecular flexibility index (Phi) is 9.67. The van der Waals surface area contributed by atoms with Crippen LogP contribution in [0.3, 0.4) is 0 Å². The van der Waals surface area contributed by atoms with Crippen LogP contribution in [0.15, 0.2) is 0 Å². The van der Waals surface area contributed by atoms with Gasteiger partial charge in [0.2, 0.25) is 0 Å². The van der Waals surface area contributed by atoms with Crippen LogP contribution >= 0.6 is 0 Å². The topological polar surface area (TPSA) is 77.4 Å². The van der Waals surface area contributed by atoms with Gasteiger partial charge in [0.15, 0.2) is 11.6 Å². The normalized spacial score (nSPS) is 40.8. The van der Waals surface area contributed by atoms with Crippen LogP contribution in [0.2, 0.25) is 0 Å². The molecule has 5 rings (SSSR count). The monoisotopic (exact) mass is 508 g/mol. The second kappa shape index (κ2) is 12.7. The summed E-state index contributed by atoms with van der Waals surface area (Å²) in [6.07, 6.45) is 21.5. The standard InChI is InChI=1S/C30H52O6/c31-23-25-26(34-29(33-25)19-15-11-7-3-1-4-8-12-16-20-29)24(32)28-27(23)35-30(36-28)21-17-13-9-5-2-6-10-14-18-22-30/h23-28,31-32H,1-22H2/t23?,24?,25-,26-,27-,28+/m1/s1. The molecule has 36 heavy (non-hydrogen) atoms. The molecule has 2 aliphatic heterocycles. The van der Waals surface area contributed by atoms with Crippen molar-refractivity contribution in [1.29, 1.82) is 0 Å². The number of fused-ring (bicyclic) bond motifs is 2. The largest absolute Gasteiger partial charge is 0.387 e. The van der Waals surface area contributed by atoms with Gasteiger partial charge in [-0.15, -0.1) is 0 Å². The van der Waals surface area contributed by atoms with Crippen molar-refractivity contribution in [3.63, 3.8) is 0 Å². The fourth-order valence-electron chi connectivity index (χ4n) is 7.52. The number of rotatable bonds is 0. The van der Waals surface area contributed by atoms with Crippen molar-refractivity contribution in [1.82, 2.24) is 0 Å². The van der Waals surface area contributed by atoms with Crippen LogP contribution in [-0.4, -0.2) is 58.4 Å². The van der Waals surface area contributed by atoms with E-state index in [4.69, 9.17) is 18.9 Å². The van der Waals surface area contributed by atoms with E-state index in [-0.39, 0.29) is 0 Å². The average molecular weight is 509 g/mol. The molecule has 0 bridgehead atoms. The lowest BCUT2D eigenvalue weighted by molar-refractivity contribution is -0.217. The molecule has 2 N–H and O–H groups in total. The highest BCUT2D eigenvalue weighted by molar-refractivity contribution is 5.09. The molecule has 2 saturated heterocycles. The molecule has 5 aliphatic rings. The zero-order valence-electron chi connectivity index (χ0n) is 22.5. The van der Waals surface area contributed by atoms with Gasteiger partial charge >= 0.3 is 0 Å². The first-order valence-corrected chi connectivity index (χ1v) is 15.7. The van der Waals surface area contributed by atoms with E-state index in [1.807, 2.05) is 0 Å². The summed E-state index contributed by atoms with van der Waals surface area (Å²) >= 11 is 0. The van der Waals surface area contributed by atoms with Crippen molar-refractivity contribution in [2.24, 2.45) is 0 Å². The third kappa shape index (κ3) is 6.31. The van der Waals surface area contributed by atoms with Crippen molar-refractivity contribution in [2.45, 2.75) is 189 Å². The third-order valence-corrected chi connectivity index (χ3v) is 9.63. The smallest absolute Gasteiger partial charge is 0.169 e. The van der Waals surface area contributed by atoms with E-state index in [2.05, 4.69) is 0 Å². The van der Waals surface area contributed by atoms with E-state index in [1.54, 1.807) is 0 Å². The maximum atomic E-state index is 11.5. The quantitative estimate of drug-likeness (QED) is 0.400. The molecule has 6 heteroatoms. The molecule has 0 aromatic heterocycles. The summed E-state index contributed by atoms with van der Waals surface area (Å²) in [5.74, 6) is -1.39. The summed E-state index contributed by atoms with van der Waals surface area (Å²) in [5, 5.41) is 23.0. The Balaban J connectivity index is 1.26. The van der Waals surface area contributed by atoms with Crippen LogP contribution in [0.1, 0.15) is 141 Å². The van der Waals surface area contributed by atoms with Crippen LogP contribution in [0.25, 0.3) is 0 Å². The van der Waals surface area contributed by atoms with Gasteiger partial charge in [-0.2, -0.15) is 0 Å². The summed E-state index contributed by atoms with van der Waals surface area (Å²) < 4.78 is 26.4. The first-order valence-electron chi connectivity index (χ1n) is 15.7. The van der Waals surface area contributed by atoms with E-state index in [1.165, 1.54) is 89.9 Å². The van der Waals surface area contributed by atoms with E-state index in [0.29, 0.717) is 0 Å². The lowest BCUT2D eigenvalue weighted by Gasteiger charge is -2.38. The molecule has 2 spiro atoms. The number of hydrogen-bond donors (Lipinski definition) is 2. The first kappa shape index (κ1) is 27.3. The molecule has 0 aromatic rings. The zero-order chi connectivity index (χ0) is 24.8. The summed E-state index contributed by atoms with van der Waals surface area (Å²) in [6, 6.07) is 0. The van der Waals surface area contributed by atoms with Gasteiger partial charge in [-0.1, -0.05) is 89.9 Å². The SMILES string of the molecule is OC1[C@H]2OC3(CCCCCCCCCCC3)O[C@@H]2C(O)[C@@H]2OC3(CCCCCCCCCCC3)O[C@H]12.